The Bertz CT molecular complexity index is 926. The van der Waals surface area contributed by atoms with Gasteiger partial charge in [-0.25, -0.2) is 0 Å². The summed E-state index contributed by atoms with van der Waals surface area (Å²) in [5, 5.41) is 20.9. The Balaban J connectivity index is 1.89. The summed E-state index contributed by atoms with van der Waals surface area (Å²) in [4.78, 5) is 0. The summed E-state index contributed by atoms with van der Waals surface area (Å²) in [7, 11) is 0. The molecule has 0 aromatic heterocycles. The highest BCUT2D eigenvalue weighted by Gasteiger charge is 2.55. The third-order valence-corrected chi connectivity index (χ3v) is 6.22. The molecule has 0 aliphatic carbocycles. The molecule has 2 heterocycles. The monoisotopic (exact) mass is 428 g/mol. The molecule has 0 bridgehead atoms. The Morgan fingerprint density at radius 2 is 1.13 bits per heavy atom. The second kappa shape index (κ2) is 7.14. The van der Waals surface area contributed by atoms with Crippen LogP contribution in [0, 0.1) is 0 Å². The van der Waals surface area contributed by atoms with Crippen molar-refractivity contribution in [2.24, 2.45) is 0 Å². The number of aromatic hydroxyl groups is 2. The van der Waals surface area contributed by atoms with Gasteiger partial charge in [0.2, 0.25) is 11.5 Å². The lowest BCUT2D eigenvalue weighted by molar-refractivity contribution is -0.168. The predicted octanol–water partition coefficient (Wildman–Crippen LogP) is 5.41. The second-order valence-corrected chi connectivity index (χ2v) is 9.68. The molecule has 0 radical (unpaired) electrons. The third-order valence-electron chi connectivity index (χ3n) is 6.22. The molecule has 0 fully saturated rings. The van der Waals surface area contributed by atoms with E-state index in [1.807, 2.05) is 26.0 Å². The van der Waals surface area contributed by atoms with Gasteiger partial charge in [-0.1, -0.05) is 39.8 Å². The van der Waals surface area contributed by atoms with Crippen molar-refractivity contribution < 1.29 is 29.2 Å². The van der Waals surface area contributed by atoms with Crippen molar-refractivity contribution in [1.82, 2.24) is 0 Å². The quantitative estimate of drug-likeness (QED) is 0.678. The molecule has 31 heavy (non-hydrogen) atoms. The third kappa shape index (κ3) is 3.42. The van der Waals surface area contributed by atoms with Crippen molar-refractivity contribution in [3.05, 3.63) is 35.4 Å². The molecule has 2 aliphatic rings. The lowest BCUT2D eigenvalue weighted by Crippen LogP contribution is -2.55. The van der Waals surface area contributed by atoms with Gasteiger partial charge in [-0.2, -0.15) is 0 Å². The van der Waals surface area contributed by atoms with Crippen molar-refractivity contribution in [3.8, 4) is 34.5 Å². The zero-order chi connectivity index (χ0) is 22.6. The average molecular weight is 429 g/mol. The fourth-order valence-corrected chi connectivity index (χ4v) is 5.08. The first-order valence-corrected chi connectivity index (χ1v) is 10.9. The molecule has 2 aromatic rings. The van der Waals surface area contributed by atoms with Crippen LogP contribution < -0.4 is 18.9 Å². The van der Waals surface area contributed by atoms with Gasteiger partial charge in [0.05, 0.1) is 13.2 Å². The summed E-state index contributed by atoms with van der Waals surface area (Å²) in [6.07, 6.45) is 1.18. The van der Waals surface area contributed by atoms with Crippen molar-refractivity contribution in [1.29, 1.82) is 0 Å². The molecule has 2 aromatic carbocycles. The Morgan fingerprint density at radius 1 is 0.742 bits per heavy atom. The van der Waals surface area contributed by atoms with Gasteiger partial charge in [-0.15, -0.1) is 0 Å². The number of ether oxygens (including phenoxy) is 4. The van der Waals surface area contributed by atoms with E-state index in [1.165, 1.54) is 0 Å². The molecule has 0 saturated carbocycles. The number of hydrogen-bond acceptors (Lipinski definition) is 6. The van der Waals surface area contributed by atoms with E-state index in [0.717, 1.165) is 11.1 Å². The van der Waals surface area contributed by atoms with E-state index in [0.29, 0.717) is 49.1 Å². The van der Waals surface area contributed by atoms with Crippen LogP contribution in [0.4, 0.5) is 0 Å². The van der Waals surface area contributed by atoms with Crippen LogP contribution in [-0.2, 0) is 10.8 Å². The normalized spacial score (nSPS) is 19.5. The minimum atomic E-state index is -1.01. The Labute approximate surface area is 183 Å². The summed E-state index contributed by atoms with van der Waals surface area (Å²) in [5.74, 6) is 0.756. The van der Waals surface area contributed by atoms with Crippen molar-refractivity contribution in [3.63, 3.8) is 0 Å². The molecule has 0 saturated heterocycles. The Hall–Kier alpha value is -2.76. The van der Waals surface area contributed by atoms with Gasteiger partial charge in [0, 0.05) is 34.8 Å². The van der Waals surface area contributed by atoms with E-state index >= 15 is 0 Å². The second-order valence-electron chi connectivity index (χ2n) is 9.68. The minimum absolute atomic E-state index is 0.0385. The zero-order valence-electron chi connectivity index (χ0n) is 19.2. The molecule has 0 atom stereocenters. The van der Waals surface area contributed by atoms with Crippen molar-refractivity contribution in [2.45, 2.75) is 71.0 Å². The highest BCUT2D eigenvalue weighted by Crippen LogP contribution is 2.59. The number of hydrogen-bond donors (Lipinski definition) is 2. The van der Waals surface area contributed by atoms with Crippen LogP contribution >= 0.6 is 0 Å². The van der Waals surface area contributed by atoms with Crippen LogP contribution in [0.1, 0.15) is 65.5 Å². The fourth-order valence-electron chi connectivity index (χ4n) is 5.08. The first-order valence-electron chi connectivity index (χ1n) is 10.9. The lowest BCUT2D eigenvalue weighted by atomic mass is 9.69. The topological polar surface area (TPSA) is 77.4 Å². The Morgan fingerprint density at radius 3 is 1.48 bits per heavy atom. The molecule has 6 heteroatoms. The molecule has 2 aliphatic heterocycles. The summed E-state index contributed by atoms with van der Waals surface area (Å²) in [6, 6.07) is 7.08. The van der Waals surface area contributed by atoms with E-state index in [9.17, 15) is 10.2 Å². The molecule has 4 rings (SSSR count). The van der Waals surface area contributed by atoms with E-state index in [-0.39, 0.29) is 22.3 Å². The largest absolute Gasteiger partial charge is 0.504 e. The van der Waals surface area contributed by atoms with Crippen LogP contribution in [-0.4, -0.2) is 29.2 Å². The van der Waals surface area contributed by atoms with Crippen LogP contribution in [0.5, 0.6) is 34.5 Å². The molecule has 6 nitrogen and oxygen atoms in total. The highest BCUT2D eigenvalue weighted by atomic mass is 16.7. The number of rotatable bonds is 4. The van der Waals surface area contributed by atoms with Crippen LogP contribution in [0.15, 0.2) is 24.3 Å². The molecule has 1 spiro atoms. The number of phenols is 2. The van der Waals surface area contributed by atoms with Gasteiger partial charge in [-0.3, -0.25) is 0 Å². The number of benzene rings is 2. The predicted molar refractivity (Wildman–Crippen MR) is 118 cm³/mol. The first kappa shape index (κ1) is 21.5. The van der Waals surface area contributed by atoms with Crippen LogP contribution in [0.2, 0.25) is 0 Å². The number of fused-ring (bicyclic) bond motifs is 2. The maximum absolute atomic E-state index is 10.5. The van der Waals surface area contributed by atoms with Crippen LogP contribution in [0.25, 0.3) is 0 Å². The summed E-state index contributed by atoms with van der Waals surface area (Å²) in [6.45, 7) is 13.1. The Kier molecular flexibility index (Phi) is 4.95. The SMILES string of the molecule is CCOc1c(O)ccc2c1OC1(CC2(C)C)CC(C)(C)c2ccc(O)c(OCC)c2O1. The average Bonchev–Trinajstić information content (AvgIpc) is 2.65. The minimum Gasteiger partial charge on any atom is -0.504 e. The highest BCUT2D eigenvalue weighted by molar-refractivity contribution is 5.61. The van der Waals surface area contributed by atoms with E-state index in [1.54, 1.807) is 12.1 Å². The fraction of sp³-hybridized carbons (Fsp3) is 0.520. The van der Waals surface area contributed by atoms with Gasteiger partial charge >= 0.3 is 0 Å². The van der Waals surface area contributed by atoms with E-state index in [4.69, 9.17) is 18.9 Å². The van der Waals surface area contributed by atoms with Gasteiger partial charge in [0.1, 0.15) is 0 Å². The van der Waals surface area contributed by atoms with Gasteiger partial charge in [-0.05, 0) is 26.0 Å². The van der Waals surface area contributed by atoms with E-state index < -0.39 is 5.79 Å². The summed E-state index contributed by atoms with van der Waals surface area (Å²) >= 11 is 0. The number of phenolic OH excluding ortho intramolecular Hbond substituents is 2. The van der Waals surface area contributed by atoms with Crippen LogP contribution in [0.3, 0.4) is 0 Å². The maximum atomic E-state index is 10.5. The first-order chi connectivity index (χ1) is 14.5. The lowest BCUT2D eigenvalue weighted by Gasteiger charge is -2.51. The summed E-state index contributed by atoms with van der Waals surface area (Å²) < 4.78 is 24.7. The molecular weight excluding hydrogens is 396 g/mol. The smallest absolute Gasteiger partial charge is 0.253 e. The summed E-state index contributed by atoms with van der Waals surface area (Å²) in [5.41, 5.74) is 1.33. The molecule has 0 amide bonds. The van der Waals surface area contributed by atoms with Crippen molar-refractivity contribution in [2.75, 3.05) is 13.2 Å². The van der Waals surface area contributed by atoms with Gasteiger partial charge in [0.15, 0.2) is 23.0 Å². The maximum Gasteiger partial charge on any atom is 0.253 e. The van der Waals surface area contributed by atoms with Crippen molar-refractivity contribution >= 4 is 0 Å². The molecule has 0 unspecified atom stereocenters. The standard InChI is InChI=1S/C25H32O6/c1-7-28-21-17(26)11-9-15-19(21)30-25(13-23(15,3)4)14-24(5,6)16-10-12-18(27)22(29-8-2)20(16)31-25/h9-12,26-27H,7-8,13-14H2,1-6H3. The zero-order valence-corrected chi connectivity index (χ0v) is 19.2. The molecule has 168 valence electrons. The van der Waals surface area contributed by atoms with Gasteiger partial charge < -0.3 is 29.2 Å². The molecular formula is C25H32O6. The molecule has 2 N–H and O–H groups in total. The van der Waals surface area contributed by atoms with E-state index in [2.05, 4.69) is 27.7 Å². The van der Waals surface area contributed by atoms with Gasteiger partial charge in [0.25, 0.3) is 5.79 Å².